The number of likely N-dealkylation sites (tertiary alicyclic amines) is 1. The van der Waals surface area contributed by atoms with Crippen LogP contribution in [-0.2, 0) is 4.79 Å². The third-order valence-corrected chi connectivity index (χ3v) is 4.06. The number of hydrogen-bond donors (Lipinski definition) is 2. The molecule has 0 unspecified atom stereocenters. The number of carbonyl (C=O) groups is 1. The number of hydrogen-bond acceptors (Lipinski definition) is 3. The molecule has 4 nitrogen and oxygen atoms in total. The highest BCUT2D eigenvalue weighted by Gasteiger charge is 2.50. The first-order valence-electron chi connectivity index (χ1n) is 5.74. The molecule has 1 saturated heterocycles. The fraction of sp³-hybridized carbons (Fsp3) is 0.909. The second kappa shape index (κ2) is 3.76. The van der Waals surface area contributed by atoms with Gasteiger partial charge in [0.1, 0.15) is 0 Å². The lowest BCUT2D eigenvalue weighted by Gasteiger charge is -2.26. The minimum Gasteiger partial charge on any atom is -0.396 e. The molecule has 0 bridgehead atoms. The number of nitrogens with two attached hydrogens (primary N) is 1. The van der Waals surface area contributed by atoms with E-state index in [-0.39, 0.29) is 17.9 Å². The van der Waals surface area contributed by atoms with Crippen LogP contribution in [0.5, 0.6) is 0 Å². The van der Waals surface area contributed by atoms with Crippen molar-refractivity contribution in [2.75, 3.05) is 19.7 Å². The van der Waals surface area contributed by atoms with Gasteiger partial charge in [-0.25, -0.2) is 0 Å². The summed E-state index contributed by atoms with van der Waals surface area (Å²) in [5, 5.41) is 9.50. The molecule has 2 aliphatic rings. The van der Waals surface area contributed by atoms with Crippen molar-refractivity contribution >= 4 is 5.91 Å². The third-order valence-electron chi connectivity index (χ3n) is 4.06. The fourth-order valence-corrected chi connectivity index (χ4v) is 3.13. The van der Waals surface area contributed by atoms with Crippen molar-refractivity contribution in [2.24, 2.45) is 17.1 Å². The Morgan fingerprint density at radius 1 is 1.73 bits per heavy atom. The zero-order valence-corrected chi connectivity index (χ0v) is 9.28. The summed E-state index contributed by atoms with van der Waals surface area (Å²) in [5.41, 5.74) is 5.59. The highest BCUT2D eigenvalue weighted by Crippen LogP contribution is 2.48. The predicted octanol–water partition coefficient (Wildman–Crippen LogP) is -0.0454. The van der Waals surface area contributed by atoms with Gasteiger partial charge in [-0.2, -0.15) is 0 Å². The van der Waals surface area contributed by atoms with Crippen molar-refractivity contribution in [2.45, 2.75) is 32.2 Å². The molecular formula is C11H20N2O2. The number of amides is 1. The Hall–Kier alpha value is -0.610. The van der Waals surface area contributed by atoms with Gasteiger partial charge in [0, 0.05) is 18.5 Å². The molecule has 1 saturated carbocycles. The maximum atomic E-state index is 11.8. The van der Waals surface area contributed by atoms with Crippen LogP contribution in [0.3, 0.4) is 0 Å². The predicted molar refractivity (Wildman–Crippen MR) is 57.1 cm³/mol. The normalized spacial score (nSPS) is 36.7. The lowest BCUT2D eigenvalue weighted by molar-refractivity contribution is -0.131. The van der Waals surface area contributed by atoms with E-state index in [1.54, 1.807) is 6.92 Å². The highest BCUT2D eigenvalue weighted by atomic mass is 16.3. The van der Waals surface area contributed by atoms with Gasteiger partial charge in [-0.3, -0.25) is 4.79 Å². The molecule has 0 spiro atoms. The van der Waals surface area contributed by atoms with Crippen LogP contribution >= 0.6 is 0 Å². The number of carbonyl (C=O) groups excluding carboxylic acids is 1. The van der Waals surface area contributed by atoms with Crippen molar-refractivity contribution in [3.05, 3.63) is 0 Å². The van der Waals surface area contributed by atoms with Gasteiger partial charge in [0.2, 0.25) is 5.91 Å². The lowest BCUT2D eigenvalue weighted by atomic mass is 9.82. The van der Waals surface area contributed by atoms with E-state index in [9.17, 15) is 9.90 Å². The molecule has 86 valence electrons. The molecule has 0 aromatic heterocycles. The van der Waals surface area contributed by atoms with E-state index in [2.05, 4.69) is 0 Å². The van der Waals surface area contributed by atoms with Gasteiger partial charge in [-0.15, -0.1) is 0 Å². The van der Waals surface area contributed by atoms with Crippen LogP contribution < -0.4 is 5.73 Å². The molecule has 0 radical (unpaired) electrons. The zero-order valence-electron chi connectivity index (χ0n) is 9.28. The summed E-state index contributed by atoms with van der Waals surface area (Å²) in [6.45, 7) is 3.43. The number of fused-ring (bicyclic) bond motifs is 1. The highest BCUT2D eigenvalue weighted by molar-refractivity contribution is 5.81. The van der Waals surface area contributed by atoms with Crippen LogP contribution in [0.4, 0.5) is 0 Å². The van der Waals surface area contributed by atoms with E-state index < -0.39 is 6.04 Å². The van der Waals surface area contributed by atoms with Crippen molar-refractivity contribution < 1.29 is 9.90 Å². The van der Waals surface area contributed by atoms with Gasteiger partial charge in [0.05, 0.1) is 12.6 Å². The molecule has 1 amide bonds. The molecular weight excluding hydrogens is 192 g/mol. The Morgan fingerprint density at radius 2 is 2.47 bits per heavy atom. The van der Waals surface area contributed by atoms with E-state index >= 15 is 0 Å². The minimum atomic E-state index is -0.417. The van der Waals surface area contributed by atoms with Gasteiger partial charge in [-0.05, 0) is 25.7 Å². The molecule has 3 atom stereocenters. The van der Waals surface area contributed by atoms with Crippen LogP contribution in [0.25, 0.3) is 0 Å². The van der Waals surface area contributed by atoms with Crippen molar-refractivity contribution in [3.8, 4) is 0 Å². The SMILES string of the molecule is C[C@H](N)C(=O)N1C[C@H]2CCC[C@@]2(CO)C1. The summed E-state index contributed by atoms with van der Waals surface area (Å²) in [5.74, 6) is 0.516. The Kier molecular flexibility index (Phi) is 2.73. The molecule has 1 aliphatic carbocycles. The monoisotopic (exact) mass is 212 g/mol. The molecule has 3 N–H and O–H groups in total. The summed E-state index contributed by atoms with van der Waals surface area (Å²) >= 11 is 0. The number of rotatable bonds is 2. The average molecular weight is 212 g/mol. The first-order valence-corrected chi connectivity index (χ1v) is 5.74. The van der Waals surface area contributed by atoms with Crippen LogP contribution in [0, 0.1) is 11.3 Å². The van der Waals surface area contributed by atoms with E-state index in [1.165, 1.54) is 6.42 Å². The number of aliphatic hydroxyl groups is 1. The van der Waals surface area contributed by atoms with E-state index in [0.29, 0.717) is 12.5 Å². The summed E-state index contributed by atoms with van der Waals surface area (Å²) in [7, 11) is 0. The molecule has 1 aliphatic heterocycles. The first-order chi connectivity index (χ1) is 7.09. The van der Waals surface area contributed by atoms with Gasteiger partial charge in [0.15, 0.2) is 0 Å². The summed E-state index contributed by atoms with van der Waals surface area (Å²) in [6.07, 6.45) is 3.38. The topological polar surface area (TPSA) is 66.6 Å². The van der Waals surface area contributed by atoms with Gasteiger partial charge >= 0.3 is 0 Å². The van der Waals surface area contributed by atoms with E-state index in [0.717, 1.165) is 19.4 Å². The molecule has 4 heteroatoms. The van der Waals surface area contributed by atoms with Gasteiger partial charge in [0.25, 0.3) is 0 Å². The smallest absolute Gasteiger partial charge is 0.239 e. The molecule has 1 heterocycles. The summed E-state index contributed by atoms with van der Waals surface area (Å²) in [6, 6.07) is -0.417. The number of nitrogens with zero attached hydrogens (tertiary/aromatic N) is 1. The van der Waals surface area contributed by atoms with Crippen LogP contribution in [0.1, 0.15) is 26.2 Å². The number of aliphatic hydroxyl groups excluding tert-OH is 1. The molecule has 2 rings (SSSR count). The Bertz CT molecular complexity index is 267. The Balaban J connectivity index is 2.08. The fourth-order valence-electron chi connectivity index (χ4n) is 3.13. The van der Waals surface area contributed by atoms with Gasteiger partial charge in [-0.1, -0.05) is 6.42 Å². The van der Waals surface area contributed by atoms with Crippen molar-refractivity contribution in [1.82, 2.24) is 4.90 Å². The van der Waals surface area contributed by atoms with Crippen LogP contribution in [-0.4, -0.2) is 41.7 Å². The lowest BCUT2D eigenvalue weighted by Crippen LogP contribution is -2.42. The minimum absolute atomic E-state index is 0.00937. The summed E-state index contributed by atoms with van der Waals surface area (Å²) in [4.78, 5) is 13.6. The van der Waals surface area contributed by atoms with Crippen molar-refractivity contribution in [1.29, 1.82) is 0 Å². The van der Waals surface area contributed by atoms with Crippen molar-refractivity contribution in [3.63, 3.8) is 0 Å². The molecule has 0 aromatic carbocycles. The van der Waals surface area contributed by atoms with Crippen LogP contribution in [0.15, 0.2) is 0 Å². The average Bonchev–Trinajstić information content (AvgIpc) is 2.72. The standard InChI is InChI=1S/C11H20N2O2/c1-8(12)10(15)13-5-9-3-2-4-11(9,6-13)7-14/h8-9,14H,2-7,12H2,1H3/t8-,9+,11-/m0/s1. The Morgan fingerprint density at radius 3 is 3.00 bits per heavy atom. The first kappa shape index (κ1) is 10.9. The van der Waals surface area contributed by atoms with Crippen LogP contribution in [0.2, 0.25) is 0 Å². The van der Waals surface area contributed by atoms with E-state index in [1.807, 2.05) is 4.90 Å². The van der Waals surface area contributed by atoms with Gasteiger partial charge < -0.3 is 15.7 Å². The Labute approximate surface area is 90.4 Å². The second-order valence-corrected chi connectivity index (χ2v) is 5.12. The maximum absolute atomic E-state index is 11.8. The van der Waals surface area contributed by atoms with E-state index in [4.69, 9.17) is 5.73 Å². The molecule has 2 fully saturated rings. The quantitative estimate of drug-likeness (QED) is 0.674. The summed E-state index contributed by atoms with van der Waals surface area (Å²) < 4.78 is 0. The zero-order chi connectivity index (χ0) is 11.1. The third kappa shape index (κ3) is 1.66. The second-order valence-electron chi connectivity index (χ2n) is 5.12. The maximum Gasteiger partial charge on any atom is 0.239 e. The largest absolute Gasteiger partial charge is 0.396 e. The molecule has 15 heavy (non-hydrogen) atoms. The molecule has 0 aromatic rings.